The molecule has 10 heteroatoms. The van der Waals surface area contributed by atoms with Crippen LogP contribution in [0, 0.1) is 0 Å². The van der Waals surface area contributed by atoms with Crippen molar-refractivity contribution in [2.75, 3.05) is 11.5 Å². The molecule has 184 valence electrons. The standard InChI is InChI=1S/C26H19BrClNO6S/c1-2-34-21-12-16(11-20(27)23(21)35-14-15-3-5-17(6-4-15)25(31)32)13-22-24(30)29(26(33)36-22)19-9-7-18(28)8-10-19/h3-13H,2,14H2,1H3,(H,31,32)/b22-13+. The van der Waals surface area contributed by atoms with Gasteiger partial charge in [0.1, 0.15) is 6.61 Å². The van der Waals surface area contributed by atoms with Crippen LogP contribution in [-0.2, 0) is 11.4 Å². The van der Waals surface area contributed by atoms with Crippen molar-refractivity contribution in [1.82, 2.24) is 0 Å². The maximum absolute atomic E-state index is 13.0. The fourth-order valence-corrected chi connectivity index (χ4v) is 4.95. The number of aromatic carboxylic acids is 1. The summed E-state index contributed by atoms with van der Waals surface area (Å²) in [5.74, 6) is -0.500. The first kappa shape index (κ1) is 25.8. The van der Waals surface area contributed by atoms with Crippen LogP contribution in [0.3, 0.4) is 0 Å². The van der Waals surface area contributed by atoms with Crippen LogP contribution in [0.25, 0.3) is 6.08 Å². The largest absolute Gasteiger partial charge is 0.490 e. The van der Waals surface area contributed by atoms with Crippen molar-refractivity contribution < 1.29 is 29.0 Å². The van der Waals surface area contributed by atoms with Crippen molar-refractivity contribution in [3.8, 4) is 11.5 Å². The molecular formula is C26H19BrClNO6S. The highest BCUT2D eigenvalue weighted by atomic mass is 79.9. The van der Waals surface area contributed by atoms with Crippen LogP contribution in [0.4, 0.5) is 10.5 Å². The van der Waals surface area contributed by atoms with Crippen LogP contribution in [0.5, 0.6) is 11.5 Å². The Hall–Kier alpha value is -3.27. The Morgan fingerprint density at radius 2 is 1.78 bits per heavy atom. The molecule has 0 aliphatic carbocycles. The van der Waals surface area contributed by atoms with Crippen LogP contribution >= 0.6 is 39.3 Å². The van der Waals surface area contributed by atoms with Gasteiger partial charge < -0.3 is 14.6 Å². The average molecular weight is 589 g/mol. The zero-order chi connectivity index (χ0) is 25.8. The molecule has 1 aliphatic heterocycles. The Labute approximate surface area is 224 Å². The molecule has 0 atom stereocenters. The number of hydrogen-bond acceptors (Lipinski definition) is 6. The summed E-state index contributed by atoms with van der Waals surface area (Å²) in [5.41, 5.74) is 2.07. The summed E-state index contributed by atoms with van der Waals surface area (Å²) in [4.78, 5) is 37.9. The number of rotatable bonds is 8. The summed E-state index contributed by atoms with van der Waals surface area (Å²) in [6.45, 7) is 2.41. The Morgan fingerprint density at radius 3 is 2.42 bits per heavy atom. The summed E-state index contributed by atoms with van der Waals surface area (Å²) in [6.07, 6.45) is 1.63. The van der Waals surface area contributed by atoms with Crippen LogP contribution in [0.1, 0.15) is 28.4 Å². The second-order valence-corrected chi connectivity index (χ2v) is 9.83. The molecule has 1 saturated heterocycles. The molecule has 1 aliphatic rings. The van der Waals surface area contributed by atoms with Gasteiger partial charge in [-0.15, -0.1) is 0 Å². The van der Waals surface area contributed by atoms with Crippen molar-refractivity contribution in [3.05, 3.63) is 91.8 Å². The van der Waals surface area contributed by atoms with E-state index in [1.165, 1.54) is 12.1 Å². The predicted molar refractivity (Wildman–Crippen MR) is 143 cm³/mol. The van der Waals surface area contributed by atoms with E-state index in [0.717, 1.165) is 22.2 Å². The van der Waals surface area contributed by atoms with Gasteiger partial charge in [-0.05, 0) is 100 Å². The lowest BCUT2D eigenvalue weighted by molar-refractivity contribution is -0.113. The first-order valence-corrected chi connectivity index (χ1v) is 12.7. The molecule has 0 unspecified atom stereocenters. The van der Waals surface area contributed by atoms with Crippen molar-refractivity contribution in [2.45, 2.75) is 13.5 Å². The second kappa shape index (κ2) is 11.2. The summed E-state index contributed by atoms with van der Waals surface area (Å²) in [6, 6.07) is 16.4. The van der Waals surface area contributed by atoms with E-state index in [0.29, 0.717) is 38.9 Å². The minimum atomic E-state index is -0.995. The minimum Gasteiger partial charge on any atom is -0.490 e. The van der Waals surface area contributed by atoms with Gasteiger partial charge in [-0.25, -0.2) is 9.69 Å². The number of carboxylic acids is 1. The van der Waals surface area contributed by atoms with Crippen molar-refractivity contribution in [2.24, 2.45) is 0 Å². The van der Waals surface area contributed by atoms with Crippen LogP contribution in [-0.4, -0.2) is 28.8 Å². The number of benzene rings is 3. The first-order valence-electron chi connectivity index (χ1n) is 10.7. The summed E-state index contributed by atoms with van der Waals surface area (Å²) in [7, 11) is 0. The molecular weight excluding hydrogens is 570 g/mol. The van der Waals surface area contributed by atoms with Crippen LogP contribution in [0.15, 0.2) is 70.0 Å². The molecule has 3 aromatic rings. The number of carboxylic acid groups (broad SMARTS) is 1. The topological polar surface area (TPSA) is 93.1 Å². The predicted octanol–water partition coefficient (Wildman–Crippen LogP) is 7.02. The Morgan fingerprint density at radius 1 is 1.08 bits per heavy atom. The van der Waals surface area contributed by atoms with Gasteiger partial charge in [-0.1, -0.05) is 23.7 Å². The van der Waals surface area contributed by atoms with E-state index in [1.54, 1.807) is 54.6 Å². The zero-order valence-corrected chi connectivity index (χ0v) is 22.0. The van der Waals surface area contributed by atoms with Crippen molar-refractivity contribution in [1.29, 1.82) is 0 Å². The number of nitrogens with zero attached hydrogens (tertiary/aromatic N) is 1. The van der Waals surface area contributed by atoms with E-state index in [-0.39, 0.29) is 17.1 Å². The molecule has 0 aromatic heterocycles. The fraction of sp³-hybridized carbons (Fsp3) is 0.115. The monoisotopic (exact) mass is 587 g/mol. The Balaban J connectivity index is 1.57. The number of hydrogen-bond donors (Lipinski definition) is 1. The fourth-order valence-electron chi connectivity index (χ4n) is 3.41. The lowest BCUT2D eigenvalue weighted by atomic mass is 10.1. The molecule has 0 spiro atoms. The molecule has 36 heavy (non-hydrogen) atoms. The Bertz CT molecular complexity index is 1360. The normalized spacial score (nSPS) is 14.4. The molecule has 3 aromatic carbocycles. The van der Waals surface area contributed by atoms with Gasteiger partial charge in [0.2, 0.25) is 0 Å². The molecule has 1 heterocycles. The van der Waals surface area contributed by atoms with E-state index < -0.39 is 17.1 Å². The van der Waals surface area contributed by atoms with Gasteiger partial charge in [0.05, 0.1) is 27.2 Å². The zero-order valence-electron chi connectivity index (χ0n) is 18.9. The third kappa shape index (κ3) is 5.75. The van der Waals surface area contributed by atoms with E-state index >= 15 is 0 Å². The molecule has 1 fully saturated rings. The number of carbonyl (C=O) groups is 3. The molecule has 7 nitrogen and oxygen atoms in total. The lowest BCUT2D eigenvalue weighted by Crippen LogP contribution is -2.27. The highest BCUT2D eigenvalue weighted by Crippen LogP contribution is 2.40. The van der Waals surface area contributed by atoms with E-state index in [1.807, 2.05) is 6.92 Å². The molecule has 1 N–H and O–H groups in total. The Kier molecular flexibility index (Phi) is 8.03. The van der Waals surface area contributed by atoms with E-state index in [2.05, 4.69) is 15.9 Å². The number of halogens is 2. The maximum Gasteiger partial charge on any atom is 0.335 e. The molecule has 4 rings (SSSR count). The van der Waals surface area contributed by atoms with Gasteiger partial charge in [0.15, 0.2) is 11.5 Å². The molecule has 0 saturated carbocycles. The summed E-state index contributed by atoms with van der Waals surface area (Å²) < 4.78 is 12.3. The lowest BCUT2D eigenvalue weighted by Gasteiger charge is -2.15. The maximum atomic E-state index is 13.0. The number of ether oxygens (including phenoxy) is 2. The second-order valence-electron chi connectivity index (χ2n) is 7.55. The molecule has 0 radical (unpaired) electrons. The number of imide groups is 1. The minimum absolute atomic E-state index is 0.192. The van der Waals surface area contributed by atoms with Gasteiger partial charge in [0.25, 0.3) is 11.1 Å². The van der Waals surface area contributed by atoms with Gasteiger partial charge in [0, 0.05) is 5.02 Å². The third-order valence-electron chi connectivity index (χ3n) is 5.09. The van der Waals surface area contributed by atoms with Crippen LogP contribution in [0.2, 0.25) is 5.02 Å². The number of anilines is 1. The number of carbonyl (C=O) groups excluding carboxylic acids is 2. The first-order chi connectivity index (χ1) is 17.3. The van der Waals surface area contributed by atoms with E-state index in [4.69, 9.17) is 26.2 Å². The summed E-state index contributed by atoms with van der Waals surface area (Å²) in [5, 5.41) is 9.16. The van der Waals surface area contributed by atoms with E-state index in [9.17, 15) is 14.4 Å². The molecule has 2 amide bonds. The van der Waals surface area contributed by atoms with Gasteiger partial charge >= 0.3 is 5.97 Å². The number of amides is 2. The average Bonchev–Trinajstić information content (AvgIpc) is 3.12. The highest BCUT2D eigenvalue weighted by molar-refractivity contribution is 9.10. The highest BCUT2D eigenvalue weighted by Gasteiger charge is 2.36. The van der Waals surface area contributed by atoms with Gasteiger partial charge in [-0.2, -0.15) is 0 Å². The van der Waals surface area contributed by atoms with Crippen LogP contribution < -0.4 is 14.4 Å². The summed E-state index contributed by atoms with van der Waals surface area (Å²) >= 11 is 10.3. The van der Waals surface area contributed by atoms with Crippen molar-refractivity contribution in [3.63, 3.8) is 0 Å². The SMILES string of the molecule is CCOc1cc(/C=C2/SC(=O)N(c3ccc(Cl)cc3)C2=O)cc(Br)c1OCc1ccc(C(=O)O)cc1. The number of thioether (sulfide) groups is 1. The smallest absolute Gasteiger partial charge is 0.335 e. The third-order valence-corrected chi connectivity index (χ3v) is 6.80. The quantitative estimate of drug-likeness (QED) is 0.283. The molecule has 0 bridgehead atoms. The van der Waals surface area contributed by atoms with Crippen molar-refractivity contribution >= 4 is 68.2 Å². The van der Waals surface area contributed by atoms with Gasteiger partial charge in [-0.3, -0.25) is 9.59 Å².